The van der Waals surface area contributed by atoms with Crippen LogP contribution >= 0.6 is 11.6 Å². The Labute approximate surface area is 132 Å². The summed E-state index contributed by atoms with van der Waals surface area (Å²) in [7, 11) is 1.82. The molecule has 0 aliphatic carbocycles. The van der Waals surface area contributed by atoms with Gasteiger partial charge in [0.15, 0.2) is 5.82 Å². The maximum atomic E-state index is 12.1. The predicted molar refractivity (Wildman–Crippen MR) is 85.9 cm³/mol. The fourth-order valence-electron chi connectivity index (χ4n) is 2.36. The molecule has 0 saturated carbocycles. The minimum atomic E-state index is -0.118. The summed E-state index contributed by atoms with van der Waals surface area (Å²) in [5, 5.41) is 12.7. The number of aromatic nitrogens is 4. The summed E-state index contributed by atoms with van der Waals surface area (Å²) in [4.78, 5) is 12.1. The van der Waals surface area contributed by atoms with Crippen LogP contribution in [0.3, 0.4) is 0 Å². The molecule has 22 heavy (non-hydrogen) atoms. The van der Waals surface area contributed by atoms with E-state index in [1.165, 1.54) is 0 Å². The van der Waals surface area contributed by atoms with Crippen LogP contribution in [0.15, 0.2) is 30.5 Å². The van der Waals surface area contributed by atoms with Crippen LogP contribution in [0.2, 0.25) is 5.02 Å². The first-order chi connectivity index (χ1) is 10.5. The van der Waals surface area contributed by atoms with Gasteiger partial charge in [-0.2, -0.15) is 10.2 Å². The maximum Gasteiger partial charge on any atom is 0.227 e. The molecule has 2 heterocycles. The molecule has 1 amide bonds. The van der Waals surface area contributed by atoms with Crippen molar-refractivity contribution >= 4 is 34.2 Å². The van der Waals surface area contributed by atoms with Crippen LogP contribution in [-0.2, 0) is 18.4 Å². The average Bonchev–Trinajstić information content (AvgIpc) is 3.02. The van der Waals surface area contributed by atoms with E-state index in [0.29, 0.717) is 23.8 Å². The molecule has 0 unspecified atom stereocenters. The van der Waals surface area contributed by atoms with E-state index in [4.69, 9.17) is 11.6 Å². The highest BCUT2D eigenvalue weighted by Crippen LogP contribution is 2.29. The molecule has 3 aromatic rings. The Morgan fingerprint density at radius 3 is 2.86 bits per heavy atom. The zero-order valence-electron chi connectivity index (χ0n) is 12.4. The van der Waals surface area contributed by atoms with E-state index in [1.54, 1.807) is 15.4 Å². The van der Waals surface area contributed by atoms with Gasteiger partial charge in [-0.15, -0.1) is 0 Å². The number of anilines is 1. The standard InChI is InChI=1S/C15H16ClN5O/c1-10-6-8-21(18-10)9-7-13(22)17-15-14-11(16)4-3-5-12(14)20(2)19-15/h3-6,8H,7,9H2,1-2H3,(H,17,19,22). The van der Waals surface area contributed by atoms with Crippen molar-refractivity contribution in [3.63, 3.8) is 0 Å². The van der Waals surface area contributed by atoms with Crippen molar-refractivity contribution in [2.45, 2.75) is 19.9 Å². The van der Waals surface area contributed by atoms with E-state index in [2.05, 4.69) is 15.5 Å². The van der Waals surface area contributed by atoms with Crippen molar-refractivity contribution in [2.24, 2.45) is 7.05 Å². The van der Waals surface area contributed by atoms with E-state index in [-0.39, 0.29) is 5.91 Å². The van der Waals surface area contributed by atoms with Gasteiger partial charge in [-0.1, -0.05) is 17.7 Å². The number of hydrogen-bond donors (Lipinski definition) is 1. The van der Waals surface area contributed by atoms with E-state index < -0.39 is 0 Å². The molecule has 0 atom stereocenters. The second kappa shape index (κ2) is 5.81. The Morgan fingerprint density at radius 1 is 1.32 bits per heavy atom. The summed E-state index contributed by atoms with van der Waals surface area (Å²) in [5.41, 5.74) is 1.81. The van der Waals surface area contributed by atoms with Gasteiger partial charge in [0.05, 0.1) is 21.6 Å². The van der Waals surface area contributed by atoms with Gasteiger partial charge in [-0.05, 0) is 25.1 Å². The van der Waals surface area contributed by atoms with Crippen LogP contribution < -0.4 is 5.32 Å². The third-order valence-corrected chi connectivity index (χ3v) is 3.74. The summed E-state index contributed by atoms with van der Waals surface area (Å²) < 4.78 is 3.45. The lowest BCUT2D eigenvalue weighted by Crippen LogP contribution is -2.15. The fraction of sp³-hybridized carbons (Fsp3) is 0.267. The van der Waals surface area contributed by atoms with Gasteiger partial charge in [0.2, 0.25) is 5.91 Å². The normalized spacial score (nSPS) is 11.0. The fourth-order valence-corrected chi connectivity index (χ4v) is 2.62. The second-order valence-corrected chi connectivity index (χ2v) is 5.53. The van der Waals surface area contributed by atoms with Crippen LogP contribution in [0, 0.1) is 6.92 Å². The molecule has 1 N–H and O–H groups in total. The molecule has 0 radical (unpaired) electrons. The van der Waals surface area contributed by atoms with Crippen LogP contribution in [0.1, 0.15) is 12.1 Å². The van der Waals surface area contributed by atoms with E-state index in [9.17, 15) is 4.79 Å². The monoisotopic (exact) mass is 317 g/mol. The molecule has 0 aliphatic heterocycles. The van der Waals surface area contributed by atoms with Crippen molar-refractivity contribution in [3.8, 4) is 0 Å². The molecule has 3 rings (SSSR count). The van der Waals surface area contributed by atoms with Crippen LogP contribution in [0.4, 0.5) is 5.82 Å². The molecule has 0 aliphatic rings. The van der Waals surface area contributed by atoms with E-state index >= 15 is 0 Å². The lowest BCUT2D eigenvalue weighted by Gasteiger charge is -2.04. The molecule has 2 aromatic heterocycles. The van der Waals surface area contributed by atoms with Gasteiger partial charge in [-0.25, -0.2) is 0 Å². The number of carbonyl (C=O) groups excluding carboxylic acids is 1. The number of rotatable bonds is 4. The molecule has 0 bridgehead atoms. The summed E-state index contributed by atoms with van der Waals surface area (Å²) in [5.74, 6) is 0.373. The molecule has 7 heteroatoms. The summed E-state index contributed by atoms with van der Waals surface area (Å²) >= 11 is 6.22. The number of hydrogen-bond acceptors (Lipinski definition) is 3. The minimum Gasteiger partial charge on any atom is -0.309 e. The summed E-state index contributed by atoms with van der Waals surface area (Å²) in [6.07, 6.45) is 2.18. The first-order valence-corrected chi connectivity index (χ1v) is 7.33. The van der Waals surface area contributed by atoms with Crippen molar-refractivity contribution in [1.82, 2.24) is 19.6 Å². The molecule has 0 saturated heterocycles. The molecule has 1 aromatic carbocycles. The third-order valence-electron chi connectivity index (χ3n) is 3.43. The SMILES string of the molecule is Cc1ccn(CCC(=O)Nc2nn(C)c3cccc(Cl)c23)n1. The first-order valence-electron chi connectivity index (χ1n) is 6.96. The molecular formula is C15H16ClN5O. The number of aryl methyl sites for hydroxylation is 3. The number of nitrogens with one attached hydrogen (secondary N) is 1. The lowest BCUT2D eigenvalue weighted by molar-refractivity contribution is -0.116. The van der Waals surface area contributed by atoms with Gasteiger partial charge in [0, 0.05) is 26.2 Å². The topological polar surface area (TPSA) is 64.7 Å². The lowest BCUT2D eigenvalue weighted by atomic mass is 10.2. The molecule has 0 spiro atoms. The van der Waals surface area contributed by atoms with Crippen molar-refractivity contribution < 1.29 is 4.79 Å². The zero-order valence-corrected chi connectivity index (χ0v) is 13.1. The number of carbonyl (C=O) groups is 1. The predicted octanol–water partition coefficient (Wildman–Crippen LogP) is 2.76. The number of fused-ring (bicyclic) bond motifs is 1. The summed E-state index contributed by atoms with van der Waals surface area (Å²) in [6.45, 7) is 2.44. The highest BCUT2D eigenvalue weighted by molar-refractivity contribution is 6.36. The van der Waals surface area contributed by atoms with Crippen molar-refractivity contribution in [2.75, 3.05) is 5.32 Å². The highest BCUT2D eigenvalue weighted by Gasteiger charge is 2.14. The number of amides is 1. The average molecular weight is 318 g/mol. The minimum absolute atomic E-state index is 0.118. The Morgan fingerprint density at radius 2 is 2.14 bits per heavy atom. The third kappa shape index (κ3) is 2.82. The maximum absolute atomic E-state index is 12.1. The van der Waals surface area contributed by atoms with Crippen LogP contribution in [-0.4, -0.2) is 25.5 Å². The number of benzene rings is 1. The zero-order chi connectivity index (χ0) is 15.7. The van der Waals surface area contributed by atoms with Crippen LogP contribution in [0.5, 0.6) is 0 Å². The van der Waals surface area contributed by atoms with E-state index in [1.807, 2.05) is 38.4 Å². The van der Waals surface area contributed by atoms with Gasteiger partial charge in [-0.3, -0.25) is 14.2 Å². The Hall–Kier alpha value is -2.34. The molecule has 6 nitrogen and oxygen atoms in total. The van der Waals surface area contributed by atoms with Gasteiger partial charge >= 0.3 is 0 Å². The van der Waals surface area contributed by atoms with Gasteiger partial charge in [0.25, 0.3) is 0 Å². The number of nitrogens with zero attached hydrogens (tertiary/aromatic N) is 4. The van der Waals surface area contributed by atoms with Crippen molar-refractivity contribution in [1.29, 1.82) is 0 Å². The largest absolute Gasteiger partial charge is 0.309 e. The van der Waals surface area contributed by atoms with Gasteiger partial charge in [0.1, 0.15) is 0 Å². The molecule has 114 valence electrons. The number of halogens is 1. The Balaban J connectivity index is 1.74. The first kappa shape index (κ1) is 14.6. The van der Waals surface area contributed by atoms with E-state index in [0.717, 1.165) is 16.6 Å². The smallest absolute Gasteiger partial charge is 0.227 e. The quantitative estimate of drug-likeness (QED) is 0.804. The summed E-state index contributed by atoms with van der Waals surface area (Å²) in [6, 6.07) is 7.46. The molecule has 0 fully saturated rings. The van der Waals surface area contributed by atoms with Gasteiger partial charge < -0.3 is 5.32 Å². The van der Waals surface area contributed by atoms with Crippen molar-refractivity contribution in [3.05, 3.63) is 41.2 Å². The van der Waals surface area contributed by atoms with Crippen LogP contribution in [0.25, 0.3) is 10.9 Å². The Kier molecular flexibility index (Phi) is 3.85. The molecular weight excluding hydrogens is 302 g/mol. The second-order valence-electron chi connectivity index (χ2n) is 5.12. The Bertz CT molecular complexity index is 836. The highest BCUT2D eigenvalue weighted by atomic mass is 35.5.